The van der Waals surface area contributed by atoms with Gasteiger partial charge >= 0.3 is 0 Å². The Kier molecular flexibility index (Phi) is 4.79. The Hall–Kier alpha value is -0.160. The third-order valence-electron chi connectivity index (χ3n) is 3.94. The number of rotatable bonds is 3. The fourth-order valence-electron chi connectivity index (χ4n) is 2.69. The highest BCUT2D eigenvalue weighted by atomic mass is 16.5. The lowest BCUT2D eigenvalue weighted by Gasteiger charge is -2.42. The Bertz CT molecular complexity index is 225. The zero-order valence-corrected chi connectivity index (χ0v) is 11.4. The van der Waals surface area contributed by atoms with Gasteiger partial charge in [-0.2, -0.15) is 0 Å². The molecule has 2 aliphatic heterocycles. The summed E-state index contributed by atoms with van der Waals surface area (Å²) < 4.78 is 5.56. The van der Waals surface area contributed by atoms with E-state index in [0.717, 1.165) is 26.3 Å². The number of morpholine rings is 1. The first-order chi connectivity index (χ1) is 8.18. The summed E-state index contributed by atoms with van der Waals surface area (Å²) in [5.74, 6) is 0. The van der Waals surface area contributed by atoms with Gasteiger partial charge in [0.05, 0.1) is 13.2 Å². The van der Waals surface area contributed by atoms with Crippen LogP contribution in [0.2, 0.25) is 0 Å². The Morgan fingerprint density at radius 1 is 1.12 bits per heavy atom. The van der Waals surface area contributed by atoms with Gasteiger partial charge in [-0.05, 0) is 33.4 Å². The van der Waals surface area contributed by atoms with Gasteiger partial charge in [0.25, 0.3) is 0 Å². The molecule has 2 heterocycles. The molecule has 0 bridgehead atoms. The van der Waals surface area contributed by atoms with Crippen molar-refractivity contribution >= 4 is 0 Å². The van der Waals surface area contributed by atoms with Crippen LogP contribution in [0.3, 0.4) is 0 Å². The van der Waals surface area contributed by atoms with Gasteiger partial charge in [-0.3, -0.25) is 4.90 Å². The maximum Gasteiger partial charge on any atom is 0.0645 e. The van der Waals surface area contributed by atoms with Crippen LogP contribution in [0.25, 0.3) is 0 Å². The van der Waals surface area contributed by atoms with Crippen molar-refractivity contribution in [2.45, 2.75) is 25.8 Å². The van der Waals surface area contributed by atoms with Gasteiger partial charge in [0.1, 0.15) is 0 Å². The SMILES string of the molecule is CC1(C)COCCN1CCN1CCCNCC1. The van der Waals surface area contributed by atoms with E-state index in [1.54, 1.807) is 0 Å². The molecule has 2 aliphatic rings. The van der Waals surface area contributed by atoms with E-state index in [1.165, 1.54) is 39.1 Å². The van der Waals surface area contributed by atoms with Crippen LogP contribution in [0, 0.1) is 0 Å². The van der Waals surface area contributed by atoms with Gasteiger partial charge in [-0.15, -0.1) is 0 Å². The van der Waals surface area contributed by atoms with E-state index in [4.69, 9.17) is 4.74 Å². The average molecular weight is 241 g/mol. The second-order valence-electron chi connectivity index (χ2n) is 5.80. The number of nitrogens with one attached hydrogen (secondary N) is 1. The fourth-order valence-corrected chi connectivity index (χ4v) is 2.69. The molecule has 1 N–H and O–H groups in total. The van der Waals surface area contributed by atoms with Crippen molar-refractivity contribution in [3.8, 4) is 0 Å². The largest absolute Gasteiger partial charge is 0.378 e. The van der Waals surface area contributed by atoms with E-state index in [2.05, 4.69) is 29.0 Å². The highest BCUT2D eigenvalue weighted by Gasteiger charge is 2.30. The molecule has 2 fully saturated rings. The van der Waals surface area contributed by atoms with E-state index in [0.29, 0.717) is 0 Å². The van der Waals surface area contributed by atoms with E-state index in [9.17, 15) is 0 Å². The molecule has 0 radical (unpaired) electrons. The molecular formula is C13H27N3O. The molecule has 0 atom stereocenters. The van der Waals surface area contributed by atoms with E-state index < -0.39 is 0 Å². The third-order valence-corrected chi connectivity index (χ3v) is 3.94. The normalized spacial score (nSPS) is 27.9. The Morgan fingerprint density at radius 2 is 2.00 bits per heavy atom. The van der Waals surface area contributed by atoms with Crippen molar-refractivity contribution < 1.29 is 4.74 Å². The van der Waals surface area contributed by atoms with E-state index in [-0.39, 0.29) is 5.54 Å². The molecule has 4 heteroatoms. The average Bonchev–Trinajstić information content (AvgIpc) is 2.55. The highest BCUT2D eigenvalue weighted by Crippen LogP contribution is 2.18. The first kappa shape index (κ1) is 13.3. The van der Waals surface area contributed by atoms with Crippen LogP contribution in [0.15, 0.2) is 0 Å². The Morgan fingerprint density at radius 3 is 2.82 bits per heavy atom. The molecule has 0 saturated carbocycles. The predicted octanol–water partition coefficient (Wildman–Crippen LogP) is 0.393. The van der Waals surface area contributed by atoms with E-state index in [1.807, 2.05) is 0 Å². The monoisotopic (exact) mass is 241 g/mol. The van der Waals surface area contributed by atoms with Gasteiger partial charge in [0, 0.05) is 38.3 Å². The summed E-state index contributed by atoms with van der Waals surface area (Å²) in [6, 6.07) is 0. The van der Waals surface area contributed by atoms with Crippen molar-refractivity contribution in [2.75, 3.05) is 59.0 Å². The highest BCUT2D eigenvalue weighted by molar-refractivity contribution is 4.85. The molecular weight excluding hydrogens is 214 g/mol. The minimum absolute atomic E-state index is 0.211. The third kappa shape index (κ3) is 3.91. The second-order valence-corrected chi connectivity index (χ2v) is 5.80. The first-order valence-electron chi connectivity index (χ1n) is 6.94. The smallest absolute Gasteiger partial charge is 0.0645 e. The van der Waals surface area contributed by atoms with Crippen LogP contribution in [-0.2, 0) is 4.74 Å². The fraction of sp³-hybridized carbons (Fsp3) is 1.00. The second kappa shape index (κ2) is 6.14. The first-order valence-corrected chi connectivity index (χ1v) is 6.94. The molecule has 2 saturated heterocycles. The van der Waals surface area contributed by atoms with Crippen LogP contribution >= 0.6 is 0 Å². The summed E-state index contributed by atoms with van der Waals surface area (Å²) >= 11 is 0. The summed E-state index contributed by atoms with van der Waals surface area (Å²) in [5, 5.41) is 3.46. The lowest BCUT2D eigenvalue weighted by atomic mass is 10.0. The molecule has 4 nitrogen and oxygen atoms in total. The minimum Gasteiger partial charge on any atom is -0.378 e. The minimum atomic E-state index is 0.211. The van der Waals surface area contributed by atoms with Crippen molar-refractivity contribution in [2.24, 2.45) is 0 Å². The molecule has 0 aromatic rings. The van der Waals surface area contributed by atoms with Crippen LogP contribution in [0.4, 0.5) is 0 Å². The predicted molar refractivity (Wildman–Crippen MR) is 70.4 cm³/mol. The maximum absolute atomic E-state index is 5.56. The zero-order valence-electron chi connectivity index (χ0n) is 11.4. The van der Waals surface area contributed by atoms with Gasteiger partial charge in [-0.1, -0.05) is 0 Å². The van der Waals surface area contributed by atoms with Crippen molar-refractivity contribution in [3.05, 3.63) is 0 Å². The molecule has 17 heavy (non-hydrogen) atoms. The number of ether oxygens (including phenoxy) is 1. The van der Waals surface area contributed by atoms with Crippen molar-refractivity contribution in [1.82, 2.24) is 15.1 Å². The number of nitrogens with zero attached hydrogens (tertiary/aromatic N) is 2. The number of hydrogen-bond acceptors (Lipinski definition) is 4. The Balaban J connectivity index is 1.76. The quantitative estimate of drug-likeness (QED) is 0.774. The Labute approximate surface area is 105 Å². The van der Waals surface area contributed by atoms with Crippen molar-refractivity contribution in [3.63, 3.8) is 0 Å². The zero-order chi connectivity index (χ0) is 12.1. The van der Waals surface area contributed by atoms with Crippen LogP contribution in [-0.4, -0.2) is 74.4 Å². The summed E-state index contributed by atoms with van der Waals surface area (Å²) in [6.45, 7) is 14.6. The van der Waals surface area contributed by atoms with Crippen LogP contribution in [0.5, 0.6) is 0 Å². The molecule has 0 spiro atoms. The molecule has 0 aliphatic carbocycles. The summed E-state index contributed by atoms with van der Waals surface area (Å²) in [7, 11) is 0. The summed E-state index contributed by atoms with van der Waals surface area (Å²) in [4.78, 5) is 5.17. The topological polar surface area (TPSA) is 27.7 Å². The summed E-state index contributed by atoms with van der Waals surface area (Å²) in [6.07, 6.45) is 1.28. The van der Waals surface area contributed by atoms with Gasteiger partial charge in [0.15, 0.2) is 0 Å². The van der Waals surface area contributed by atoms with Crippen molar-refractivity contribution in [1.29, 1.82) is 0 Å². The lowest BCUT2D eigenvalue weighted by Crippen LogP contribution is -2.54. The van der Waals surface area contributed by atoms with Gasteiger partial charge < -0.3 is 15.0 Å². The maximum atomic E-state index is 5.56. The molecule has 2 rings (SSSR count). The van der Waals surface area contributed by atoms with Gasteiger partial charge in [0.2, 0.25) is 0 Å². The molecule has 0 unspecified atom stereocenters. The van der Waals surface area contributed by atoms with Crippen LogP contribution < -0.4 is 5.32 Å². The molecule has 0 amide bonds. The van der Waals surface area contributed by atoms with Gasteiger partial charge in [-0.25, -0.2) is 0 Å². The molecule has 100 valence electrons. The van der Waals surface area contributed by atoms with Crippen LogP contribution in [0.1, 0.15) is 20.3 Å². The lowest BCUT2D eigenvalue weighted by molar-refractivity contribution is -0.0534. The van der Waals surface area contributed by atoms with E-state index >= 15 is 0 Å². The summed E-state index contributed by atoms with van der Waals surface area (Å²) in [5.41, 5.74) is 0.211. The number of hydrogen-bond donors (Lipinski definition) is 1. The molecule has 0 aromatic carbocycles. The molecule has 0 aromatic heterocycles. The standard InChI is InChI=1S/C13H27N3O/c1-13(2)12-17-11-10-16(13)9-8-15-6-3-4-14-5-7-15/h14H,3-12H2,1-2H3.